The molecule has 17 heavy (non-hydrogen) atoms. The van der Waals surface area contributed by atoms with E-state index in [9.17, 15) is 0 Å². The normalized spacial score (nSPS) is 16.2. The molecule has 0 saturated carbocycles. The van der Waals surface area contributed by atoms with Gasteiger partial charge in [-0.1, -0.05) is 6.07 Å². The van der Waals surface area contributed by atoms with E-state index in [4.69, 9.17) is 10.5 Å². The summed E-state index contributed by atoms with van der Waals surface area (Å²) in [5.74, 6) is 0. The molecule has 1 heterocycles. The first-order valence-corrected chi connectivity index (χ1v) is 6.24. The van der Waals surface area contributed by atoms with Crippen molar-refractivity contribution in [3.05, 3.63) is 29.3 Å². The van der Waals surface area contributed by atoms with E-state index in [2.05, 4.69) is 30.9 Å². The molecular formula is C14H22N2O. The zero-order valence-electron chi connectivity index (χ0n) is 11.0. The summed E-state index contributed by atoms with van der Waals surface area (Å²) in [6.07, 6.45) is 0. The molecule has 1 aliphatic rings. The largest absolute Gasteiger partial charge is 0.399 e. The molecule has 0 atom stereocenters. The van der Waals surface area contributed by atoms with E-state index in [-0.39, 0.29) is 5.60 Å². The van der Waals surface area contributed by atoms with Crippen molar-refractivity contribution >= 4 is 5.69 Å². The van der Waals surface area contributed by atoms with Crippen LogP contribution in [0.3, 0.4) is 0 Å². The number of hydrogen-bond donors (Lipinski definition) is 1. The van der Waals surface area contributed by atoms with Crippen molar-refractivity contribution in [1.82, 2.24) is 4.90 Å². The van der Waals surface area contributed by atoms with Gasteiger partial charge in [0.05, 0.1) is 5.60 Å². The van der Waals surface area contributed by atoms with Gasteiger partial charge in [-0.15, -0.1) is 0 Å². The highest BCUT2D eigenvalue weighted by molar-refractivity contribution is 5.46. The van der Waals surface area contributed by atoms with Gasteiger partial charge in [0.15, 0.2) is 0 Å². The predicted octanol–water partition coefficient (Wildman–Crippen LogP) is 2.40. The lowest BCUT2D eigenvalue weighted by Crippen LogP contribution is -2.38. The van der Waals surface area contributed by atoms with Gasteiger partial charge in [-0.2, -0.15) is 0 Å². The molecule has 1 aliphatic heterocycles. The molecule has 2 N–H and O–H groups in total. The zero-order valence-corrected chi connectivity index (χ0v) is 11.0. The third-order valence-electron chi connectivity index (χ3n) is 3.16. The summed E-state index contributed by atoms with van der Waals surface area (Å²) in [6.45, 7) is 10.0. The maximum absolute atomic E-state index is 5.81. The molecular weight excluding hydrogens is 212 g/mol. The molecule has 0 saturated heterocycles. The van der Waals surface area contributed by atoms with E-state index in [0.717, 1.165) is 31.9 Å². The summed E-state index contributed by atoms with van der Waals surface area (Å²) >= 11 is 0. The van der Waals surface area contributed by atoms with Crippen LogP contribution in [-0.2, 0) is 17.8 Å². The minimum atomic E-state index is -0.0810. The van der Waals surface area contributed by atoms with Crippen molar-refractivity contribution in [3.8, 4) is 0 Å². The Bertz CT molecular complexity index is 401. The minimum absolute atomic E-state index is 0.0810. The van der Waals surface area contributed by atoms with Gasteiger partial charge in [-0.3, -0.25) is 4.90 Å². The molecule has 3 nitrogen and oxygen atoms in total. The van der Waals surface area contributed by atoms with Gasteiger partial charge >= 0.3 is 0 Å². The Morgan fingerprint density at radius 2 is 2.00 bits per heavy atom. The lowest BCUT2D eigenvalue weighted by atomic mass is 10.1. The number of ether oxygens (including phenoxy) is 1. The third kappa shape index (κ3) is 2.99. The maximum atomic E-state index is 5.81. The van der Waals surface area contributed by atoms with E-state index in [1.54, 1.807) is 0 Å². The second kappa shape index (κ2) is 4.67. The highest BCUT2D eigenvalue weighted by atomic mass is 16.5. The molecule has 0 aromatic heterocycles. The number of fused-ring (bicyclic) bond motifs is 1. The second-order valence-corrected chi connectivity index (χ2v) is 5.37. The Morgan fingerprint density at radius 1 is 1.29 bits per heavy atom. The summed E-state index contributed by atoms with van der Waals surface area (Å²) in [7, 11) is 0. The summed E-state index contributed by atoms with van der Waals surface area (Å²) in [5, 5.41) is 0. The van der Waals surface area contributed by atoms with Crippen molar-refractivity contribution in [1.29, 1.82) is 0 Å². The van der Waals surface area contributed by atoms with Crippen molar-refractivity contribution in [2.45, 2.75) is 39.5 Å². The Hall–Kier alpha value is -1.06. The Balaban J connectivity index is 2.01. The molecule has 0 unspecified atom stereocenters. The van der Waals surface area contributed by atoms with Crippen LogP contribution in [0.4, 0.5) is 5.69 Å². The van der Waals surface area contributed by atoms with E-state index in [0.29, 0.717) is 0 Å². The average molecular weight is 234 g/mol. The molecule has 1 aromatic rings. The van der Waals surface area contributed by atoms with Crippen molar-refractivity contribution < 1.29 is 4.74 Å². The highest BCUT2D eigenvalue weighted by Crippen LogP contribution is 2.26. The zero-order chi connectivity index (χ0) is 12.5. The van der Waals surface area contributed by atoms with E-state index >= 15 is 0 Å². The molecule has 0 spiro atoms. The molecule has 2 rings (SSSR count). The molecule has 94 valence electrons. The monoisotopic (exact) mass is 234 g/mol. The molecule has 0 bridgehead atoms. The Morgan fingerprint density at radius 3 is 2.71 bits per heavy atom. The topological polar surface area (TPSA) is 38.5 Å². The lowest BCUT2D eigenvalue weighted by Gasteiger charge is -2.29. The molecule has 1 aromatic carbocycles. The summed E-state index contributed by atoms with van der Waals surface area (Å²) in [6, 6.07) is 6.21. The first kappa shape index (κ1) is 12.4. The summed E-state index contributed by atoms with van der Waals surface area (Å²) < 4.78 is 5.75. The maximum Gasteiger partial charge on any atom is 0.0752 e. The van der Waals surface area contributed by atoms with Gasteiger partial charge in [0.25, 0.3) is 0 Å². The van der Waals surface area contributed by atoms with Crippen LogP contribution in [0.5, 0.6) is 0 Å². The van der Waals surface area contributed by atoms with Gasteiger partial charge < -0.3 is 10.5 Å². The number of rotatable bonds is 4. The van der Waals surface area contributed by atoms with Crippen LogP contribution in [0.1, 0.15) is 31.9 Å². The average Bonchev–Trinajstić information content (AvgIpc) is 2.57. The van der Waals surface area contributed by atoms with Crippen LogP contribution >= 0.6 is 0 Å². The molecule has 0 amide bonds. The second-order valence-electron chi connectivity index (χ2n) is 5.37. The van der Waals surface area contributed by atoms with Crippen LogP contribution < -0.4 is 5.73 Å². The summed E-state index contributed by atoms with van der Waals surface area (Å²) in [5.41, 5.74) is 9.34. The van der Waals surface area contributed by atoms with Crippen LogP contribution in [0.15, 0.2) is 18.2 Å². The van der Waals surface area contributed by atoms with Gasteiger partial charge in [0.2, 0.25) is 0 Å². The first-order valence-electron chi connectivity index (χ1n) is 6.24. The van der Waals surface area contributed by atoms with E-state index in [1.165, 1.54) is 11.1 Å². The van der Waals surface area contributed by atoms with Crippen LogP contribution in [0.2, 0.25) is 0 Å². The Kier molecular flexibility index (Phi) is 3.40. The molecule has 0 radical (unpaired) electrons. The highest BCUT2D eigenvalue weighted by Gasteiger charge is 2.26. The molecule has 3 heteroatoms. The van der Waals surface area contributed by atoms with Crippen molar-refractivity contribution in [2.24, 2.45) is 0 Å². The summed E-state index contributed by atoms with van der Waals surface area (Å²) in [4.78, 5) is 2.42. The fourth-order valence-corrected chi connectivity index (χ4v) is 2.57. The lowest BCUT2D eigenvalue weighted by molar-refractivity contribution is -0.0350. The quantitative estimate of drug-likeness (QED) is 0.813. The van der Waals surface area contributed by atoms with Crippen LogP contribution in [0, 0.1) is 0 Å². The number of nitrogens with two attached hydrogens (primary N) is 1. The smallest absolute Gasteiger partial charge is 0.0752 e. The van der Waals surface area contributed by atoms with Gasteiger partial charge in [0.1, 0.15) is 0 Å². The minimum Gasteiger partial charge on any atom is -0.399 e. The van der Waals surface area contributed by atoms with Crippen LogP contribution in [-0.4, -0.2) is 23.7 Å². The van der Waals surface area contributed by atoms with Crippen LogP contribution in [0.25, 0.3) is 0 Å². The van der Waals surface area contributed by atoms with Crippen molar-refractivity contribution in [3.63, 3.8) is 0 Å². The number of benzene rings is 1. The van der Waals surface area contributed by atoms with E-state index < -0.39 is 0 Å². The van der Waals surface area contributed by atoms with Gasteiger partial charge in [0, 0.05) is 31.9 Å². The molecule has 0 aliphatic carbocycles. The number of nitrogens with zero attached hydrogens (tertiary/aromatic N) is 1. The fourth-order valence-electron chi connectivity index (χ4n) is 2.57. The fraction of sp³-hybridized carbons (Fsp3) is 0.571. The number of hydrogen-bond acceptors (Lipinski definition) is 3. The van der Waals surface area contributed by atoms with Gasteiger partial charge in [-0.05, 0) is 44.0 Å². The predicted molar refractivity (Wildman–Crippen MR) is 70.7 cm³/mol. The Labute approximate surface area is 104 Å². The molecule has 0 fully saturated rings. The number of anilines is 1. The SMILES string of the molecule is CCOC(C)(C)CN1Cc2ccc(N)cc2C1. The van der Waals surface area contributed by atoms with Crippen molar-refractivity contribution in [2.75, 3.05) is 18.9 Å². The standard InChI is InChI=1S/C14H22N2O/c1-4-17-14(2,3)10-16-8-11-5-6-13(15)7-12(11)9-16/h5-7H,4,8-10,15H2,1-3H3. The first-order chi connectivity index (χ1) is 8.00. The third-order valence-corrected chi connectivity index (χ3v) is 3.16. The van der Waals surface area contributed by atoms with E-state index in [1.807, 2.05) is 13.0 Å². The number of nitrogen functional groups attached to an aromatic ring is 1. The van der Waals surface area contributed by atoms with Gasteiger partial charge in [-0.25, -0.2) is 0 Å².